The molecule has 6 heteroatoms. The molecule has 0 spiro atoms. The molecule has 0 saturated heterocycles. The summed E-state index contributed by atoms with van der Waals surface area (Å²) in [5.74, 6) is 0.625. The first-order valence-electron chi connectivity index (χ1n) is 5.12. The summed E-state index contributed by atoms with van der Waals surface area (Å²) in [5.41, 5.74) is 0.594. The minimum Gasteiger partial charge on any atom is -0.493 e. The Hall–Kier alpha value is -0.780. The van der Waals surface area contributed by atoms with E-state index in [9.17, 15) is 8.42 Å². The molecule has 0 heterocycles. The molecule has 0 aliphatic carbocycles. The van der Waals surface area contributed by atoms with E-state index in [0.717, 1.165) is 0 Å². The summed E-state index contributed by atoms with van der Waals surface area (Å²) < 4.78 is 27.2. The minimum absolute atomic E-state index is 0.0923. The lowest BCUT2D eigenvalue weighted by Gasteiger charge is -2.10. The van der Waals surface area contributed by atoms with E-state index in [4.69, 9.17) is 21.4 Å². The zero-order valence-electron chi connectivity index (χ0n) is 9.52. The van der Waals surface area contributed by atoms with Gasteiger partial charge in [-0.05, 0) is 24.6 Å². The van der Waals surface area contributed by atoms with E-state index >= 15 is 0 Å². The molecule has 0 aromatic heterocycles. The molecule has 1 N–H and O–H groups in total. The summed E-state index contributed by atoms with van der Waals surface area (Å²) in [4.78, 5) is 0. The van der Waals surface area contributed by atoms with E-state index in [1.807, 2.05) is 0 Å². The number of aliphatic hydroxyl groups excluding tert-OH is 1. The highest BCUT2D eigenvalue weighted by molar-refractivity contribution is 7.90. The molecule has 0 radical (unpaired) electrons. The first-order valence-corrected chi connectivity index (χ1v) is 7.56. The Kier molecular flexibility index (Phi) is 5.24. The van der Waals surface area contributed by atoms with E-state index in [2.05, 4.69) is 0 Å². The summed E-state index contributed by atoms with van der Waals surface area (Å²) >= 11 is 5.77. The van der Waals surface area contributed by atoms with Crippen LogP contribution in [0.5, 0.6) is 5.75 Å². The third-order valence-electron chi connectivity index (χ3n) is 2.11. The van der Waals surface area contributed by atoms with Crippen LogP contribution in [0.2, 0.25) is 5.02 Å². The summed E-state index contributed by atoms with van der Waals surface area (Å²) in [7, 11) is -2.95. The fraction of sp³-hybridized carbons (Fsp3) is 0.455. The third kappa shape index (κ3) is 5.39. The van der Waals surface area contributed by atoms with Crippen LogP contribution in [0, 0.1) is 0 Å². The number of aliphatic hydroxyl groups is 1. The van der Waals surface area contributed by atoms with Crippen molar-refractivity contribution in [3.8, 4) is 5.75 Å². The fourth-order valence-electron chi connectivity index (χ4n) is 1.32. The summed E-state index contributed by atoms with van der Waals surface area (Å²) in [6.45, 7) is 0.129. The van der Waals surface area contributed by atoms with Gasteiger partial charge < -0.3 is 9.84 Å². The molecule has 1 rings (SSSR count). The maximum absolute atomic E-state index is 10.9. The standard InChI is InChI=1S/C11H15ClO4S/c1-17(14,15)6-2-5-16-11-4-3-10(12)7-9(11)8-13/h3-4,7,13H,2,5-6,8H2,1H3. The van der Waals surface area contributed by atoms with Crippen LogP contribution in [-0.4, -0.2) is 32.1 Å². The maximum Gasteiger partial charge on any atom is 0.147 e. The van der Waals surface area contributed by atoms with E-state index < -0.39 is 9.84 Å². The van der Waals surface area contributed by atoms with Crippen molar-refractivity contribution in [2.75, 3.05) is 18.6 Å². The van der Waals surface area contributed by atoms with Crippen LogP contribution in [-0.2, 0) is 16.4 Å². The van der Waals surface area contributed by atoms with Gasteiger partial charge in [-0.25, -0.2) is 8.42 Å². The van der Waals surface area contributed by atoms with Crippen LogP contribution in [0.4, 0.5) is 0 Å². The van der Waals surface area contributed by atoms with Gasteiger partial charge in [0.25, 0.3) is 0 Å². The van der Waals surface area contributed by atoms with E-state index in [1.54, 1.807) is 18.2 Å². The summed E-state index contributed by atoms with van der Waals surface area (Å²) in [6, 6.07) is 4.94. The van der Waals surface area contributed by atoms with Gasteiger partial charge in [0.05, 0.1) is 19.0 Å². The number of sulfone groups is 1. The predicted molar refractivity (Wildman–Crippen MR) is 67.2 cm³/mol. The number of rotatable bonds is 6. The SMILES string of the molecule is CS(=O)(=O)CCCOc1ccc(Cl)cc1CO. The third-order valence-corrected chi connectivity index (χ3v) is 3.38. The molecule has 0 saturated carbocycles. The molecule has 0 aliphatic rings. The normalized spacial score (nSPS) is 11.5. The molecule has 4 nitrogen and oxygen atoms in total. The fourth-order valence-corrected chi connectivity index (χ4v) is 2.15. The van der Waals surface area contributed by atoms with Crippen LogP contribution in [0.1, 0.15) is 12.0 Å². The molecule has 0 unspecified atom stereocenters. The Labute approximate surface area is 106 Å². The van der Waals surface area contributed by atoms with E-state index in [0.29, 0.717) is 29.4 Å². The van der Waals surface area contributed by atoms with Gasteiger partial charge in [-0.3, -0.25) is 0 Å². The average Bonchev–Trinajstić information content (AvgIpc) is 2.24. The lowest BCUT2D eigenvalue weighted by atomic mass is 10.2. The molecule has 17 heavy (non-hydrogen) atoms. The highest BCUT2D eigenvalue weighted by atomic mass is 35.5. The lowest BCUT2D eigenvalue weighted by molar-refractivity contribution is 0.263. The number of hydrogen-bond donors (Lipinski definition) is 1. The second-order valence-electron chi connectivity index (χ2n) is 3.74. The quantitative estimate of drug-likeness (QED) is 0.804. The van der Waals surface area contributed by atoms with Crippen molar-refractivity contribution >= 4 is 21.4 Å². The Bertz CT molecular complexity index is 470. The van der Waals surface area contributed by atoms with Crippen LogP contribution in [0.15, 0.2) is 18.2 Å². The summed E-state index contributed by atoms with van der Waals surface area (Å²) in [5, 5.41) is 9.62. The van der Waals surface area contributed by atoms with Gasteiger partial charge in [0.2, 0.25) is 0 Å². The maximum atomic E-state index is 10.9. The van der Waals surface area contributed by atoms with Crippen LogP contribution >= 0.6 is 11.6 Å². The van der Waals surface area contributed by atoms with Crippen molar-refractivity contribution in [3.05, 3.63) is 28.8 Å². The van der Waals surface area contributed by atoms with E-state index in [-0.39, 0.29) is 12.4 Å². The van der Waals surface area contributed by atoms with Crippen LogP contribution in [0.25, 0.3) is 0 Å². The van der Waals surface area contributed by atoms with Crippen molar-refractivity contribution in [2.45, 2.75) is 13.0 Å². The van der Waals surface area contributed by atoms with Crippen LogP contribution < -0.4 is 4.74 Å². The van der Waals surface area contributed by atoms with Gasteiger partial charge in [0.1, 0.15) is 15.6 Å². The highest BCUT2D eigenvalue weighted by Gasteiger charge is 2.05. The smallest absolute Gasteiger partial charge is 0.147 e. The highest BCUT2D eigenvalue weighted by Crippen LogP contribution is 2.22. The number of halogens is 1. The average molecular weight is 279 g/mol. The Balaban J connectivity index is 2.52. The van der Waals surface area contributed by atoms with E-state index in [1.165, 1.54) is 6.26 Å². The zero-order chi connectivity index (χ0) is 12.9. The first-order chi connectivity index (χ1) is 7.92. The molecular weight excluding hydrogens is 264 g/mol. The predicted octanol–water partition coefficient (Wildman–Crippen LogP) is 1.65. The molecule has 1 aromatic rings. The summed E-state index contributed by atoms with van der Waals surface area (Å²) in [6.07, 6.45) is 1.61. The zero-order valence-corrected chi connectivity index (χ0v) is 11.1. The molecule has 0 fully saturated rings. The van der Waals surface area contributed by atoms with Crippen molar-refractivity contribution in [1.29, 1.82) is 0 Å². The van der Waals surface area contributed by atoms with Gasteiger partial charge in [0, 0.05) is 16.8 Å². The molecule has 96 valence electrons. The molecule has 0 amide bonds. The molecule has 1 aromatic carbocycles. The monoisotopic (exact) mass is 278 g/mol. The molecule has 0 atom stereocenters. The first kappa shape index (κ1) is 14.3. The van der Waals surface area contributed by atoms with Crippen molar-refractivity contribution < 1.29 is 18.3 Å². The molecule has 0 bridgehead atoms. The van der Waals surface area contributed by atoms with Gasteiger partial charge in [-0.2, -0.15) is 0 Å². The number of benzene rings is 1. The van der Waals surface area contributed by atoms with Gasteiger partial charge >= 0.3 is 0 Å². The Morgan fingerprint density at radius 3 is 2.71 bits per heavy atom. The minimum atomic E-state index is -2.95. The van der Waals surface area contributed by atoms with Gasteiger partial charge in [-0.15, -0.1) is 0 Å². The number of hydrogen-bond acceptors (Lipinski definition) is 4. The lowest BCUT2D eigenvalue weighted by Crippen LogP contribution is -2.08. The molecular formula is C11H15ClO4S. The Morgan fingerprint density at radius 2 is 2.12 bits per heavy atom. The van der Waals surface area contributed by atoms with Crippen molar-refractivity contribution in [2.24, 2.45) is 0 Å². The van der Waals surface area contributed by atoms with Crippen molar-refractivity contribution in [1.82, 2.24) is 0 Å². The number of ether oxygens (including phenoxy) is 1. The van der Waals surface area contributed by atoms with Gasteiger partial charge in [-0.1, -0.05) is 11.6 Å². The second-order valence-corrected chi connectivity index (χ2v) is 6.44. The van der Waals surface area contributed by atoms with Crippen LogP contribution in [0.3, 0.4) is 0 Å². The largest absolute Gasteiger partial charge is 0.493 e. The van der Waals surface area contributed by atoms with Crippen molar-refractivity contribution in [3.63, 3.8) is 0 Å². The Morgan fingerprint density at radius 1 is 1.41 bits per heavy atom. The van der Waals surface area contributed by atoms with Gasteiger partial charge in [0.15, 0.2) is 0 Å². The molecule has 0 aliphatic heterocycles. The second kappa shape index (κ2) is 6.23. The topological polar surface area (TPSA) is 63.6 Å².